The predicted molar refractivity (Wildman–Crippen MR) is 51.2 cm³/mol. The Kier molecular flexibility index (Phi) is 4.49. The van der Waals surface area contributed by atoms with E-state index >= 15 is 0 Å². The van der Waals surface area contributed by atoms with Gasteiger partial charge in [0.05, 0.1) is 13.2 Å². The summed E-state index contributed by atoms with van der Waals surface area (Å²) in [7, 11) is 0. The maximum atomic E-state index is 5.50. The molecule has 0 bridgehead atoms. The van der Waals surface area contributed by atoms with E-state index in [9.17, 15) is 0 Å². The fourth-order valence-corrected chi connectivity index (χ4v) is 1.14. The lowest BCUT2D eigenvalue weighted by molar-refractivity contribution is 0.126. The van der Waals surface area contributed by atoms with Crippen LogP contribution in [0.15, 0.2) is 12.4 Å². The van der Waals surface area contributed by atoms with Crippen molar-refractivity contribution in [2.75, 3.05) is 13.2 Å². The van der Waals surface area contributed by atoms with E-state index in [1.807, 2.05) is 10.8 Å². The smallest absolute Gasteiger partial charge is 0.122 e. The van der Waals surface area contributed by atoms with Crippen LogP contribution in [0.3, 0.4) is 0 Å². The Balaban J connectivity index is 2.27. The van der Waals surface area contributed by atoms with Crippen LogP contribution >= 0.6 is 0 Å². The van der Waals surface area contributed by atoms with Gasteiger partial charge in [-0.1, -0.05) is 6.92 Å². The lowest BCUT2D eigenvalue weighted by Crippen LogP contribution is -2.11. The van der Waals surface area contributed by atoms with E-state index in [2.05, 4.69) is 11.9 Å². The summed E-state index contributed by atoms with van der Waals surface area (Å²) in [6.07, 6.45) is 4.76. The minimum atomic E-state index is 0.487. The van der Waals surface area contributed by atoms with Crippen molar-refractivity contribution in [3.63, 3.8) is 0 Å². The van der Waals surface area contributed by atoms with Gasteiger partial charge in [0, 0.05) is 25.5 Å². The molecule has 0 aliphatic rings. The van der Waals surface area contributed by atoms with Crippen LogP contribution in [0.1, 0.15) is 19.2 Å². The summed E-state index contributed by atoms with van der Waals surface area (Å²) in [6, 6.07) is 0. The molecular formula is C9H17N3O. The topological polar surface area (TPSA) is 53.1 Å². The van der Waals surface area contributed by atoms with E-state index < -0.39 is 0 Å². The normalized spacial score (nSPS) is 10.6. The first-order valence-electron chi connectivity index (χ1n) is 4.66. The Bertz CT molecular complexity index is 235. The lowest BCUT2D eigenvalue weighted by atomic mass is 10.5. The highest BCUT2D eigenvalue weighted by atomic mass is 16.5. The average Bonchev–Trinajstić information content (AvgIpc) is 2.60. The average molecular weight is 183 g/mol. The van der Waals surface area contributed by atoms with Crippen LogP contribution in [0.2, 0.25) is 0 Å². The van der Waals surface area contributed by atoms with Crippen molar-refractivity contribution in [2.24, 2.45) is 5.73 Å². The highest BCUT2D eigenvalue weighted by Gasteiger charge is 1.98. The van der Waals surface area contributed by atoms with Gasteiger partial charge in [0.15, 0.2) is 0 Å². The highest BCUT2D eigenvalue weighted by Crippen LogP contribution is 1.96. The van der Waals surface area contributed by atoms with Gasteiger partial charge in [-0.2, -0.15) is 0 Å². The van der Waals surface area contributed by atoms with Crippen LogP contribution in [0.4, 0.5) is 0 Å². The van der Waals surface area contributed by atoms with Gasteiger partial charge in [-0.05, 0) is 6.42 Å². The van der Waals surface area contributed by atoms with E-state index in [1.165, 1.54) is 0 Å². The minimum absolute atomic E-state index is 0.487. The van der Waals surface area contributed by atoms with E-state index in [4.69, 9.17) is 10.5 Å². The third-order valence-corrected chi connectivity index (χ3v) is 1.81. The van der Waals surface area contributed by atoms with Gasteiger partial charge in [0.2, 0.25) is 0 Å². The number of aromatic nitrogens is 2. The molecule has 0 fully saturated rings. The molecule has 0 aliphatic carbocycles. The second kappa shape index (κ2) is 5.72. The molecule has 0 aliphatic heterocycles. The van der Waals surface area contributed by atoms with Crippen LogP contribution < -0.4 is 5.73 Å². The summed E-state index contributed by atoms with van der Waals surface area (Å²) in [4.78, 5) is 4.12. The maximum Gasteiger partial charge on any atom is 0.122 e. The summed E-state index contributed by atoms with van der Waals surface area (Å²) >= 11 is 0. The van der Waals surface area contributed by atoms with E-state index in [1.54, 1.807) is 6.20 Å². The maximum absolute atomic E-state index is 5.50. The van der Waals surface area contributed by atoms with Crippen LogP contribution in [-0.4, -0.2) is 22.8 Å². The molecule has 1 aromatic heterocycles. The van der Waals surface area contributed by atoms with Crippen LogP contribution in [0.5, 0.6) is 0 Å². The molecule has 13 heavy (non-hydrogen) atoms. The SMILES string of the molecule is CCCOCCn1ccnc1CN. The molecule has 1 aromatic rings. The van der Waals surface area contributed by atoms with E-state index in [-0.39, 0.29) is 0 Å². The third kappa shape index (κ3) is 3.16. The molecule has 0 radical (unpaired) electrons. The van der Waals surface area contributed by atoms with Crippen molar-refractivity contribution in [3.8, 4) is 0 Å². The van der Waals surface area contributed by atoms with E-state index in [0.717, 1.165) is 32.0 Å². The predicted octanol–water partition coefficient (Wildman–Crippen LogP) is 0.768. The summed E-state index contributed by atoms with van der Waals surface area (Å²) in [5, 5.41) is 0. The highest BCUT2D eigenvalue weighted by molar-refractivity contribution is 4.90. The number of imidazole rings is 1. The van der Waals surface area contributed by atoms with Gasteiger partial charge in [-0.15, -0.1) is 0 Å². The lowest BCUT2D eigenvalue weighted by Gasteiger charge is -2.06. The molecule has 4 nitrogen and oxygen atoms in total. The molecule has 1 heterocycles. The van der Waals surface area contributed by atoms with Crippen LogP contribution in [0.25, 0.3) is 0 Å². The fourth-order valence-electron chi connectivity index (χ4n) is 1.14. The molecule has 1 rings (SSSR count). The number of hydrogen-bond acceptors (Lipinski definition) is 3. The molecule has 0 unspecified atom stereocenters. The second-order valence-corrected chi connectivity index (χ2v) is 2.85. The summed E-state index contributed by atoms with van der Waals surface area (Å²) in [5.41, 5.74) is 5.50. The minimum Gasteiger partial charge on any atom is -0.380 e. The first-order valence-corrected chi connectivity index (χ1v) is 4.66. The standard InChI is InChI=1S/C9H17N3O/c1-2-6-13-7-5-12-4-3-11-9(12)8-10/h3-4H,2,5-8,10H2,1H3. The molecule has 74 valence electrons. The van der Waals surface area contributed by atoms with Gasteiger partial charge >= 0.3 is 0 Å². The van der Waals surface area contributed by atoms with Crippen molar-refractivity contribution >= 4 is 0 Å². The van der Waals surface area contributed by atoms with Crippen molar-refractivity contribution in [2.45, 2.75) is 26.4 Å². The van der Waals surface area contributed by atoms with E-state index in [0.29, 0.717) is 6.54 Å². The zero-order valence-electron chi connectivity index (χ0n) is 8.07. The second-order valence-electron chi connectivity index (χ2n) is 2.85. The molecule has 0 spiro atoms. The Labute approximate surface area is 78.7 Å². The number of rotatable bonds is 6. The Morgan fingerprint density at radius 2 is 2.38 bits per heavy atom. The largest absolute Gasteiger partial charge is 0.380 e. The number of nitrogens with zero attached hydrogens (tertiary/aromatic N) is 2. The molecule has 4 heteroatoms. The molecule has 2 N–H and O–H groups in total. The summed E-state index contributed by atoms with van der Waals surface area (Å²) < 4.78 is 7.39. The van der Waals surface area contributed by atoms with Crippen molar-refractivity contribution in [3.05, 3.63) is 18.2 Å². The third-order valence-electron chi connectivity index (χ3n) is 1.81. The van der Waals surface area contributed by atoms with Gasteiger partial charge in [0.1, 0.15) is 5.82 Å². The zero-order valence-corrected chi connectivity index (χ0v) is 8.07. The summed E-state index contributed by atoms with van der Waals surface area (Å²) in [5.74, 6) is 0.917. The van der Waals surface area contributed by atoms with Gasteiger partial charge in [-0.3, -0.25) is 0 Å². The molecule has 0 atom stereocenters. The molecule has 0 saturated carbocycles. The quantitative estimate of drug-likeness (QED) is 0.663. The van der Waals surface area contributed by atoms with Crippen molar-refractivity contribution in [1.29, 1.82) is 0 Å². The number of ether oxygens (including phenoxy) is 1. The Morgan fingerprint density at radius 3 is 3.08 bits per heavy atom. The molecule has 0 aromatic carbocycles. The first kappa shape index (κ1) is 10.2. The molecule has 0 amide bonds. The number of hydrogen-bond donors (Lipinski definition) is 1. The molecule has 0 saturated heterocycles. The van der Waals surface area contributed by atoms with Crippen molar-refractivity contribution in [1.82, 2.24) is 9.55 Å². The van der Waals surface area contributed by atoms with Crippen LogP contribution in [-0.2, 0) is 17.8 Å². The Morgan fingerprint density at radius 1 is 1.54 bits per heavy atom. The Hall–Kier alpha value is -0.870. The van der Waals surface area contributed by atoms with Gasteiger partial charge < -0.3 is 15.0 Å². The zero-order chi connectivity index (χ0) is 9.52. The van der Waals surface area contributed by atoms with Crippen molar-refractivity contribution < 1.29 is 4.74 Å². The summed E-state index contributed by atoms with van der Waals surface area (Å²) in [6.45, 7) is 4.99. The number of nitrogens with two attached hydrogens (primary N) is 1. The monoisotopic (exact) mass is 183 g/mol. The van der Waals surface area contributed by atoms with Gasteiger partial charge in [0.25, 0.3) is 0 Å². The first-order chi connectivity index (χ1) is 6.38. The van der Waals surface area contributed by atoms with Crippen LogP contribution in [0, 0.1) is 0 Å². The van der Waals surface area contributed by atoms with Gasteiger partial charge in [-0.25, -0.2) is 4.98 Å². The fraction of sp³-hybridized carbons (Fsp3) is 0.667. The molecular weight excluding hydrogens is 166 g/mol.